The van der Waals surface area contributed by atoms with E-state index in [1.54, 1.807) is 66.9 Å². The quantitative estimate of drug-likeness (QED) is 0.293. The second kappa shape index (κ2) is 10.5. The molecule has 0 aliphatic heterocycles. The summed E-state index contributed by atoms with van der Waals surface area (Å²) in [6.45, 7) is 3.44. The van der Waals surface area contributed by atoms with Crippen LogP contribution < -0.4 is 21.3 Å². The maximum Gasteiger partial charge on any atom is 0.256 e. The van der Waals surface area contributed by atoms with E-state index in [2.05, 4.69) is 47.8 Å². The molecule has 0 saturated heterocycles. The molecule has 0 aliphatic carbocycles. The molecule has 4 rings (SSSR count). The Bertz CT molecular complexity index is 1310. The first kappa shape index (κ1) is 22.1. The second-order valence-corrected chi connectivity index (χ2v) is 6.90. The van der Waals surface area contributed by atoms with Crippen LogP contribution in [0.5, 0.6) is 0 Å². The summed E-state index contributed by atoms with van der Waals surface area (Å²) < 4.78 is 0. The summed E-state index contributed by atoms with van der Waals surface area (Å²) in [5.74, 6) is 0.552. The van der Waals surface area contributed by atoms with E-state index in [4.69, 9.17) is 0 Å². The molecule has 0 saturated carbocycles. The third kappa shape index (κ3) is 5.98. The number of amides is 2. The number of pyridine rings is 1. The van der Waals surface area contributed by atoms with Gasteiger partial charge in [0.15, 0.2) is 0 Å². The van der Waals surface area contributed by atoms with Crippen LogP contribution in [0.25, 0.3) is 0 Å². The normalized spacial score (nSPS) is 10.1. The van der Waals surface area contributed by atoms with Gasteiger partial charge in [-0.25, -0.2) is 15.0 Å². The van der Waals surface area contributed by atoms with Crippen molar-refractivity contribution in [3.05, 3.63) is 97.5 Å². The number of nitrogens with zero attached hydrogens (tertiary/aromatic N) is 4. The predicted molar refractivity (Wildman–Crippen MR) is 130 cm³/mol. The van der Waals surface area contributed by atoms with Gasteiger partial charge in [0.2, 0.25) is 17.8 Å². The molecular formula is C24H20N8O2. The Morgan fingerprint density at radius 2 is 1.50 bits per heavy atom. The Kier molecular flexibility index (Phi) is 6.80. The summed E-state index contributed by atoms with van der Waals surface area (Å²) in [5, 5.41) is 11.6. The summed E-state index contributed by atoms with van der Waals surface area (Å²) >= 11 is 0. The van der Waals surface area contributed by atoms with Crippen molar-refractivity contribution >= 4 is 46.6 Å². The van der Waals surface area contributed by atoms with Crippen LogP contribution in [0.1, 0.15) is 10.4 Å². The summed E-state index contributed by atoms with van der Waals surface area (Å²) in [6.07, 6.45) is 4.18. The van der Waals surface area contributed by atoms with Crippen molar-refractivity contribution in [3.63, 3.8) is 0 Å². The lowest BCUT2D eigenvalue weighted by atomic mass is 10.2. The van der Waals surface area contributed by atoms with Crippen molar-refractivity contribution in [2.75, 3.05) is 21.3 Å². The Morgan fingerprint density at radius 1 is 0.765 bits per heavy atom. The third-order valence-corrected chi connectivity index (χ3v) is 4.45. The average Bonchev–Trinajstić information content (AvgIpc) is 2.85. The zero-order chi connectivity index (χ0) is 23.8. The van der Waals surface area contributed by atoms with Crippen LogP contribution in [0.3, 0.4) is 0 Å². The molecule has 2 aromatic carbocycles. The molecule has 10 heteroatoms. The van der Waals surface area contributed by atoms with Gasteiger partial charge in [-0.05, 0) is 60.7 Å². The molecule has 2 heterocycles. The van der Waals surface area contributed by atoms with Gasteiger partial charge in [0.25, 0.3) is 5.91 Å². The number of aromatic nitrogens is 4. The lowest BCUT2D eigenvalue weighted by molar-refractivity contribution is -0.111. The first-order valence-electron chi connectivity index (χ1n) is 10.2. The fourth-order valence-corrected chi connectivity index (χ4v) is 2.87. The van der Waals surface area contributed by atoms with E-state index >= 15 is 0 Å². The van der Waals surface area contributed by atoms with E-state index in [1.807, 2.05) is 6.07 Å². The monoisotopic (exact) mass is 452 g/mol. The van der Waals surface area contributed by atoms with E-state index in [9.17, 15) is 9.59 Å². The maximum atomic E-state index is 12.4. The van der Waals surface area contributed by atoms with Crippen LogP contribution in [0, 0.1) is 0 Å². The Morgan fingerprint density at radius 3 is 2.21 bits per heavy atom. The molecule has 4 aromatic rings. The fourth-order valence-electron chi connectivity index (χ4n) is 2.87. The first-order valence-corrected chi connectivity index (χ1v) is 10.2. The molecule has 34 heavy (non-hydrogen) atoms. The zero-order valence-electron chi connectivity index (χ0n) is 17.9. The average molecular weight is 452 g/mol. The standard InChI is InChI=1S/C24H20N8O2/c1-2-21(33)28-18-6-5-7-19(14-18)30-24-27-15-26-23(32-24)29-17-11-9-16(10-12-17)22(34)31-20-8-3-4-13-25-20/h2-15H,1H2,(H,28,33)(H,25,31,34)(H2,26,27,29,30,32). The third-order valence-electron chi connectivity index (χ3n) is 4.45. The number of carbonyl (C=O) groups is 2. The maximum absolute atomic E-state index is 12.4. The molecule has 168 valence electrons. The van der Waals surface area contributed by atoms with E-state index < -0.39 is 0 Å². The Balaban J connectivity index is 1.39. The highest BCUT2D eigenvalue weighted by Crippen LogP contribution is 2.20. The number of carbonyl (C=O) groups excluding carboxylic acids is 2. The number of hydrogen-bond acceptors (Lipinski definition) is 8. The minimum atomic E-state index is -0.302. The summed E-state index contributed by atoms with van der Waals surface area (Å²) in [5.41, 5.74) is 2.47. The van der Waals surface area contributed by atoms with E-state index in [0.717, 1.165) is 0 Å². The van der Waals surface area contributed by atoms with Crippen molar-refractivity contribution in [1.82, 2.24) is 19.9 Å². The van der Waals surface area contributed by atoms with Crippen molar-refractivity contribution in [3.8, 4) is 0 Å². The van der Waals surface area contributed by atoms with E-state index in [1.165, 1.54) is 12.4 Å². The highest BCUT2D eigenvalue weighted by Gasteiger charge is 2.08. The topological polar surface area (TPSA) is 134 Å². The molecular weight excluding hydrogens is 432 g/mol. The van der Waals surface area contributed by atoms with Crippen molar-refractivity contribution in [2.45, 2.75) is 0 Å². The van der Waals surface area contributed by atoms with Crippen LogP contribution in [0.4, 0.5) is 34.8 Å². The van der Waals surface area contributed by atoms with Gasteiger partial charge in [0.05, 0.1) is 0 Å². The lowest BCUT2D eigenvalue weighted by Crippen LogP contribution is -2.12. The van der Waals surface area contributed by atoms with Crippen LogP contribution in [0.15, 0.2) is 91.9 Å². The van der Waals surface area contributed by atoms with Crippen LogP contribution in [-0.4, -0.2) is 31.8 Å². The highest BCUT2D eigenvalue weighted by atomic mass is 16.2. The van der Waals surface area contributed by atoms with Gasteiger partial charge in [-0.2, -0.15) is 4.98 Å². The van der Waals surface area contributed by atoms with Gasteiger partial charge in [0.1, 0.15) is 12.1 Å². The number of nitrogens with one attached hydrogen (secondary N) is 4. The molecule has 0 bridgehead atoms. The van der Waals surface area contributed by atoms with E-state index in [-0.39, 0.29) is 11.8 Å². The number of hydrogen-bond donors (Lipinski definition) is 4. The second-order valence-electron chi connectivity index (χ2n) is 6.90. The molecule has 2 amide bonds. The van der Waals surface area contributed by atoms with Gasteiger partial charge >= 0.3 is 0 Å². The van der Waals surface area contributed by atoms with Gasteiger partial charge < -0.3 is 21.3 Å². The largest absolute Gasteiger partial charge is 0.324 e. The molecule has 0 aliphatic rings. The molecule has 4 N–H and O–H groups in total. The van der Waals surface area contributed by atoms with Gasteiger partial charge in [-0.1, -0.05) is 18.7 Å². The Labute approximate surface area is 195 Å². The smallest absolute Gasteiger partial charge is 0.256 e. The first-order chi connectivity index (χ1) is 16.6. The van der Waals surface area contributed by atoms with Gasteiger partial charge in [-0.15, -0.1) is 0 Å². The van der Waals surface area contributed by atoms with Crippen molar-refractivity contribution in [1.29, 1.82) is 0 Å². The van der Waals surface area contributed by atoms with Gasteiger partial charge in [-0.3, -0.25) is 9.59 Å². The van der Waals surface area contributed by atoms with Crippen LogP contribution in [-0.2, 0) is 4.79 Å². The molecule has 10 nitrogen and oxygen atoms in total. The number of rotatable bonds is 8. The van der Waals surface area contributed by atoms with Crippen LogP contribution in [0.2, 0.25) is 0 Å². The number of anilines is 6. The van der Waals surface area contributed by atoms with E-state index in [0.29, 0.717) is 40.3 Å². The SMILES string of the molecule is C=CC(=O)Nc1cccc(Nc2ncnc(Nc3ccc(C(=O)Nc4ccccn4)cc3)n2)c1. The predicted octanol–water partition coefficient (Wildman–Crippen LogP) is 4.13. The molecule has 2 aromatic heterocycles. The molecule has 0 atom stereocenters. The molecule has 0 fully saturated rings. The fraction of sp³-hybridized carbons (Fsp3) is 0. The zero-order valence-corrected chi connectivity index (χ0v) is 17.9. The Hall–Kier alpha value is -5.12. The summed E-state index contributed by atoms with van der Waals surface area (Å²) in [6, 6.07) is 19.3. The highest BCUT2D eigenvalue weighted by molar-refractivity contribution is 6.04. The minimum absolute atomic E-state index is 0.261. The van der Waals surface area contributed by atoms with Crippen molar-refractivity contribution < 1.29 is 9.59 Å². The molecule has 0 unspecified atom stereocenters. The van der Waals surface area contributed by atoms with Gasteiger partial charge in [0, 0.05) is 28.8 Å². The summed E-state index contributed by atoms with van der Waals surface area (Å²) in [7, 11) is 0. The number of benzene rings is 2. The summed E-state index contributed by atoms with van der Waals surface area (Å²) in [4.78, 5) is 40.5. The van der Waals surface area contributed by atoms with Crippen molar-refractivity contribution in [2.24, 2.45) is 0 Å². The molecule has 0 spiro atoms. The lowest BCUT2D eigenvalue weighted by Gasteiger charge is -2.09. The minimum Gasteiger partial charge on any atom is -0.324 e. The molecule has 0 radical (unpaired) electrons. The van der Waals surface area contributed by atoms with Crippen LogP contribution >= 0.6 is 0 Å².